The molecule has 17 heavy (non-hydrogen) atoms. The lowest BCUT2D eigenvalue weighted by atomic mass is 10.3. The second-order valence-electron chi connectivity index (χ2n) is 4.14. The normalized spacial score (nSPS) is 19.6. The van der Waals surface area contributed by atoms with Gasteiger partial charge in [-0.1, -0.05) is 0 Å². The minimum atomic E-state index is -3.84. The molecule has 0 atom stereocenters. The molecule has 6 nitrogen and oxygen atoms in total. The van der Waals surface area contributed by atoms with E-state index in [1.54, 1.807) is 0 Å². The van der Waals surface area contributed by atoms with Crippen LogP contribution in [0.2, 0.25) is 0 Å². The summed E-state index contributed by atoms with van der Waals surface area (Å²) in [7, 11) is -3.84. The van der Waals surface area contributed by atoms with Crippen molar-refractivity contribution in [2.24, 2.45) is 0 Å². The van der Waals surface area contributed by atoms with Crippen molar-refractivity contribution in [3.05, 3.63) is 0 Å². The lowest BCUT2D eigenvalue weighted by Gasteiger charge is -2.34. The molecule has 1 aliphatic heterocycles. The molecule has 0 aromatic rings. The van der Waals surface area contributed by atoms with Gasteiger partial charge in [0.2, 0.25) is 0 Å². The Morgan fingerprint density at radius 2 is 1.65 bits per heavy atom. The van der Waals surface area contributed by atoms with Gasteiger partial charge in [0.05, 0.1) is 5.75 Å². The molecule has 1 heterocycles. The van der Waals surface area contributed by atoms with Crippen LogP contribution in [-0.2, 0) is 15.1 Å². The maximum absolute atomic E-state index is 11.5. The third kappa shape index (κ3) is 6.89. The largest absolute Gasteiger partial charge is 0.301 e. The average Bonchev–Trinajstić information content (AvgIpc) is 2.26. The Kier molecular flexibility index (Phi) is 6.28. The molecule has 1 saturated heterocycles. The molecule has 102 valence electrons. The molecule has 0 bridgehead atoms. The molecule has 0 unspecified atom stereocenters. The van der Waals surface area contributed by atoms with Crippen molar-refractivity contribution in [2.75, 3.05) is 51.6 Å². The molecule has 1 fully saturated rings. The van der Waals surface area contributed by atoms with Gasteiger partial charge >= 0.3 is 0 Å². The molecular formula is C9H19FN2O4S. The van der Waals surface area contributed by atoms with Crippen LogP contribution in [0.5, 0.6) is 0 Å². The van der Waals surface area contributed by atoms with E-state index in [0.717, 1.165) is 26.2 Å². The van der Waals surface area contributed by atoms with Crippen LogP contribution in [0.3, 0.4) is 0 Å². The Balaban J connectivity index is 2.11. The zero-order valence-corrected chi connectivity index (χ0v) is 10.5. The fourth-order valence-corrected chi connectivity index (χ4v) is 2.36. The first kappa shape index (κ1) is 14.8. The van der Waals surface area contributed by atoms with Crippen LogP contribution >= 0.6 is 0 Å². The van der Waals surface area contributed by atoms with E-state index >= 15 is 0 Å². The summed E-state index contributed by atoms with van der Waals surface area (Å²) in [4.78, 5) is 7.76. The topological polar surface area (TPSA) is 70.1 Å². The third-order valence-electron chi connectivity index (χ3n) is 2.83. The number of piperazine rings is 1. The zero-order valence-electron chi connectivity index (χ0n) is 9.72. The summed E-state index contributed by atoms with van der Waals surface area (Å²) < 4.78 is 41.1. The summed E-state index contributed by atoms with van der Waals surface area (Å²) >= 11 is 0. The van der Waals surface area contributed by atoms with Crippen molar-refractivity contribution in [1.82, 2.24) is 9.80 Å². The van der Waals surface area contributed by atoms with Crippen molar-refractivity contribution in [3.63, 3.8) is 0 Å². The predicted octanol–water partition coefficient (Wildman–Crippen LogP) is -0.217. The van der Waals surface area contributed by atoms with E-state index in [0.29, 0.717) is 19.5 Å². The van der Waals surface area contributed by atoms with Crippen molar-refractivity contribution < 1.29 is 22.4 Å². The van der Waals surface area contributed by atoms with Crippen LogP contribution in [0.4, 0.5) is 4.53 Å². The highest BCUT2D eigenvalue weighted by Gasteiger charge is 2.16. The number of rotatable bonds is 7. The Morgan fingerprint density at radius 1 is 1.12 bits per heavy atom. The second-order valence-corrected chi connectivity index (χ2v) is 5.71. The van der Waals surface area contributed by atoms with E-state index in [9.17, 15) is 12.9 Å². The summed E-state index contributed by atoms with van der Waals surface area (Å²) in [5.41, 5.74) is 0. The van der Waals surface area contributed by atoms with E-state index in [-0.39, 0.29) is 12.4 Å². The van der Waals surface area contributed by atoms with E-state index in [1.165, 1.54) is 0 Å². The minimum Gasteiger partial charge on any atom is -0.301 e. The van der Waals surface area contributed by atoms with Crippen LogP contribution in [0, 0.1) is 0 Å². The number of halogens is 1. The molecule has 0 aromatic carbocycles. The smallest absolute Gasteiger partial charge is 0.264 e. The van der Waals surface area contributed by atoms with Gasteiger partial charge in [0.15, 0.2) is 0 Å². The molecule has 0 spiro atoms. The van der Waals surface area contributed by atoms with E-state index < -0.39 is 10.1 Å². The first-order chi connectivity index (χ1) is 8.01. The Labute approximate surface area is 101 Å². The van der Waals surface area contributed by atoms with Gasteiger partial charge in [0.25, 0.3) is 10.1 Å². The van der Waals surface area contributed by atoms with Gasteiger partial charge < -0.3 is 4.90 Å². The lowest BCUT2D eigenvalue weighted by Crippen LogP contribution is -2.47. The molecule has 0 amide bonds. The predicted molar refractivity (Wildman–Crippen MR) is 61.0 cm³/mol. The summed E-state index contributed by atoms with van der Waals surface area (Å²) in [6, 6.07) is 0. The van der Waals surface area contributed by atoms with Crippen molar-refractivity contribution in [2.45, 2.75) is 6.42 Å². The SMILES string of the molecule is O=S(=O)(O)CCCN1CCN(CCOF)CC1. The fraction of sp³-hybridized carbons (Fsp3) is 1.00. The highest BCUT2D eigenvalue weighted by Crippen LogP contribution is 2.03. The first-order valence-corrected chi connectivity index (χ1v) is 7.25. The highest BCUT2D eigenvalue weighted by atomic mass is 32.2. The van der Waals surface area contributed by atoms with Gasteiger partial charge in [0.1, 0.15) is 6.61 Å². The second kappa shape index (κ2) is 7.22. The number of nitrogens with zero attached hydrogens (tertiary/aromatic N) is 2. The molecule has 0 saturated carbocycles. The third-order valence-corrected chi connectivity index (χ3v) is 3.63. The minimum absolute atomic E-state index is 0.0861. The van der Waals surface area contributed by atoms with Gasteiger partial charge in [-0.3, -0.25) is 9.45 Å². The zero-order chi connectivity index (χ0) is 12.7. The summed E-state index contributed by atoms with van der Waals surface area (Å²) in [5.74, 6) is -0.192. The van der Waals surface area contributed by atoms with E-state index in [1.807, 2.05) is 0 Å². The Hall–Kier alpha value is -0.280. The molecule has 8 heteroatoms. The van der Waals surface area contributed by atoms with E-state index in [4.69, 9.17) is 4.55 Å². The highest BCUT2D eigenvalue weighted by molar-refractivity contribution is 7.85. The maximum Gasteiger partial charge on any atom is 0.264 e. The molecule has 1 aliphatic rings. The van der Waals surface area contributed by atoms with Crippen LogP contribution in [-0.4, -0.2) is 74.4 Å². The summed E-state index contributed by atoms with van der Waals surface area (Å²) in [5, 5.41) is 0. The van der Waals surface area contributed by atoms with Crippen LogP contribution in [0.25, 0.3) is 0 Å². The Morgan fingerprint density at radius 3 is 2.12 bits per heavy atom. The van der Waals surface area contributed by atoms with Crippen molar-refractivity contribution in [1.29, 1.82) is 0 Å². The molecule has 0 aliphatic carbocycles. The van der Waals surface area contributed by atoms with Gasteiger partial charge in [-0.15, -0.1) is 0 Å². The average molecular weight is 270 g/mol. The maximum atomic E-state index is 11.5. The lowest BCUT2D eigenvalue weighted by molar-refractivity contribution is -0.137. The van der Waals surface area contributed by atoms with Crippen LogP contribution in [0.1, 0.15) is 6.42 Å². The van der Waals surface area contributed by atoms with Gasteiger partial charge in [-0.2, -0.15) is 13.4 Å². The Bertz CT molecular complexity index is 304. The molecule has 0 radical (unpaired) electrons. The number of hydrogen-bond acceptors (Lipinski definition) is 5. The quantitative estimate of drug-likeness (QED) is 0.645. The monoisotopic (exact) mass is 270 g/mol. The van der Waals surface area contributed by atoms with Crippen molar-refractivity contribution in [3.8, 4) is 0 Å². The van der Waals surface area contributed by atoms with Crippen LogP contribution < -0.4 is 0 Å². The molecular weight excluding hydrogens is 251 g/mol. The standard InChI is InChI=1S/C9H19FN2O4S/c10-16-8-7-12-5-3-11(4-6-12)2-1-9-17(13,14)15/h1-9H2,(H,13,14,15). The summed E-state index contributed by atoms with van der Waals surface area (Å²) in [6.07, 6.45) is 0.437. The first-order valence-electron chi connectivity index (χ1n) is 5.64. The molecule has 1 rings (SSSR count). The van der Waals surface area contributed by atoms with Gasteiger partial charge in [-0.05, 0) is 17.5 Å². The van der Waals surface area contributed by atoms with Gasteiger partial charge in [-0.25, -0.2) is 0 Å². The molecule has 1 N–H and O–H groups in total. The number of hydrogen-bond donors (Lipinski definition) is 1. The van der Waals surface area contributed by atoms with Crippen molar-refractivity contribution >= 4 is 10.1 Å². The fourth-order valence-electron chi connectivity index (χ4n) is 1.87. The molecule has 0 aromatic heterocycles. The van der Waals surface area contributed by atoms with Crippen LogP contribution in [0.15, 0.2) is 0 Å². The van der Waals surface area contributed by atoms with Gasteiger partial charge in [0, 0.05) is 32.7 Å². The summed E-state index contributed by atoms with van der Waals surface area (Å²) in [6.45, 7) is 4.64. The van der Waals surface area contributed by atoms with E-state index in [2.05, 4.69) is 14.7 Å².